The molecule has 0 atom stereocenters. The number of rotatable bonds is 5. The van der Waals surface area contributed by atoms with Crippen molar-refractivity contribution in [2.75, 3.05) is 30.3 Å². The molecule has 0 unspecified atom stereocenters. The van der Waals surface area contributed by atoms with Gasteiger partial charge in [0, 0.05) is 18.8 Å². The van der Waals surface area contributed by atoms with Gasteiger partial charge in [0.05, 0.1) is 17.9 Å². The van der Waals surface area contributed by atoms with Crippen LogP contribution >= 0.6 is 0 Å². The first-order chi connectivity index (χ1) is 7.60. The standard InChI is InChI=1S/C11H16N2O3/c1-2-13(5-6-14)10-7-8(12)3-4-9(10)11(15)16/h3-4,7,14H,2,5-6,12H2,1H3,(H,15,16). The maximum atomic E-state index is 11.0. The van der Waals surface area contributed by atoms with Crippen molar-refractivity contribution in [2.45, 2.75) is 6.92 Å². The minimum atomic E-state index is -0.994. The number of aliphatic hydroxyl groups is 1. The van der Waals surface area contributed by atoms with Crippen molar-refractivity contribution in [3.63, 3.8) is 0 Å². The zero-order chi connectivity index (χ0) is 12.1. The van der Waals surface area contributed by atoms with Gasteiger partial charge in [-0.15, -0.1) is 0 Å². The molecule has 0 spiro atoms. The van der Waals surface area contributed by atoms with E-state index in [4.69, 9.17) is 15.9 Å². The molecule has 0 radical (unpaired) electrons. The van der Waals surface area contributed by atoms with Gasteiger partial charge in [0.25, 0.3) is 0 Å². The predicted octanol–water partition coefficient (Wildman–Crippen LogP) is 0.786. The Bertz CT molecular complexity index is 379. The first-order valence-electron chi connectivity index (χ1n) is 5.08. The molecule has 88 valence electrons. The third-order valence-corrected chi connectivity index (χ3v) is 2.34. The molecule has 0 saturated carbocycles. The Morgan fingerprint density at radius 1 is 1.50 bits per heavy atom. The van der Waals surface area contributed by atoms with Gasteiger partial charge in [0.15, 0.2) is 0 Å². The van der Waals surface area contributed by atoms with E-state index in [1.165, 1.54) is 6.07 Å². The number of carbonyl (C=O) groups is 1. The molecule has 1 aromatic rings. The summed E-state index contributed by atoms with van der Waals surface area (Å²) in [5.74, 6) is -0.994. The normalized spacial score (nSPS) is 10.1. The number of anilines is 2. The highest BCUT2D eigenvalue weighted by atomic mass is 16.4. The summed E-state index contributed by atoms with van der Waals surface area (Å²) in [4.78, 5) is 12.8. The van der Waals surface area contributed by atoms with Crippen LogP contribution in [-0.4, -0.2) is 35.9 Å². The van der Waals surface area contributed by atoms with Crippen LogP contribution in [0.1, 0.15) is 17.3 Å². The molecule has 0 aromatic heterocycles. The van der Waals surface area contributed by atoms with Crippen LogP contribution in [0.25, 0.3) is 0 Å². The number of aromatic carboxylic acids is 1. The molecular weight excluding hydrogens is 208 g/mol. The van der Waals surface area contributed by atoms with Crippen molar-refractivity contribution in [2.24, 2.45) is 0 Å². The maximum Gasteiger partial charge on any atom is 0.337 e. The minimum Gasteiger partial charge on any atom is -0.478 e. The number of nitrogens with two attached hydrogens (primary N) is 1. The van der Waals surface area contributed by atoms with Gasteiger partial charge in [-0.2, -0.15) is 0 Å². The Morgan fingerprint density at radius 3 is 2.69 bits per heavy atom. The molecule has 4 N–H and O–H groups in total. The summed E-state index contributed by atoms with van der Waals surface area (Å²) in [6, 6.07) is 4.65. The third-order valence-electron chi connectivity index (χ3n) is 2.34. The fourth-order valence-electron chi connectivity index (χ4n) is 1.56. The zero-order valence-corrected chi connectivity index (χ0v) is 9.18. The van der Waals surface area contributed by atoms with Gasteiger partial charge < -0.3 is 20.8 Å². The van der Waals surface area contributed by atoms with E-state index in [2.05, 4.69) is 0 Å². The number of nitrogen functional groups attached to an aromatic ring is 1. The van der Waals surface area contributed by atoms with Crippen molar-refractivity contribution in [3.8, 4) is 0 Å². The second-order valence-electron chi connectivity index (χ2n) is 3.39. The number of aliphatic hydroxyl groups excluding tert-OH is 1. The van der Waals surface area contributed by atoms with Crippen molar-refractivity contribution in [1.82, 2.24) is 0 Å². The zero-order valence-electron chi connectivity index (χ0n) is 9.18. The fraction of sp³-hybridized carbons (Fsp3) is 0.364. The first-order valence-corrected chi connectivity index (χ1v) is 5.08. The Kier molecular flexibility index (Phi) is 4.13. The lowest BCUT2D eigenvalue weighted by Gasteiger charge is -2.24. The monoisotopic (exact) mass is 224 g/mol. The highest BCUT2D eigenvalue weighted by Gasteiger charge is 2.14. The first kappa shape index (κ1) is 12.3. The van der Waals surface area contributed by atoms with Crippen LogP contribution in [0.15, 0.2) is 18.2 Å². The van der Waals surface area contributed by atoms with Gasteiger partial charge >= 0.3 is 5.97 Å². The van der Waals surface area contributed by atoms with Gasteiger partial charge in [-0.3, -0.25) is 0 Å². The number of carboxylic acids is 1. The van der Waals surface area contributed by atoms with Crippen molar-refractivity contribution in [1.29, 1.82) is 0 Å². The molecule has 0 aliphatic heterocycles. The van der Waals surface area contributed by atoms with E-state index < -0.39 is 5.97 Å². The molecule has 5 heteroatoms. The lowest BCUT2D eigenvalue weighted by Crippen LogP contribution is -2.28. The molecule has 0 amide bonds. The number of likely N-dealkylation sites (N-methyl/N-ethyl adjacent to an activating group) is 1. The molecule has 0 aliphatic rings. The second kappa shape index (κ2) is 5.37. The Hall–Kier alpha value is -1.75. The average molecular weight is 224 g/mol. The van der Waals surface area contributed by atoms with Crippen LogP contribution in [0.5, 0.6) is 0 Å². The van der Waals surface area contributed by atoms with Crippen molar-refractivity contribution >= 4 is 17.3 Å². The van der Waals surface area contributed by atoms with Crippen molar-refractivity contribution < 1.29 is 15.0 Å². The third kappa shape index (κ3) is 2.64. The number of hydrogen-bond donors (Lipinski definition) is 3. The van der Waals surface area contributed by atoms with Gasteiger partial charge in [-0.25, -0.2) is 4.79 Å². The van der Waals surface area contributed by atoms with Crippen LogP contribution in [0, 0.1) is 0 Å². The second-order valence-corrected chi connectivity index (χ2v) is 3.39. The van der Waals surface area contributed by atoms with Crippen LogP contribution in [0.4, 0.5) is 11.4 Å². The number of carboxylic acid groups (broad SMARTS) is 1. The fourth-order valence-corrected chi connectivity index (χ4v) is 1.56. The number of hydrogen-bond acceptors (Lipinski definition) is 4. The lowest BCUT2D eigenvalue weighted by atomic mass is 10.1. The van der Waals surface area contributed by atoms with Crippen LogP contribution in [0.3, 0.4) is 0 Å². The van der Waals surface area contributed by atoms with Gasteiger partial charge in [0.1, 0.15) is 0 Å². The van der Waals surface area contributed by atoms with Gasteiger partial charge in [-0.05, 0) is 25.1 Å². The molecule has 0 heterocycles. The van der Waals surface area contributed by atoms with E-state index in [-0.39, 0.29) is 12.2 Å². The summed E-state index contributed by atoms with van der Waals surface area (Å²) in [5, 5.41) is 17.9. The molecule has 1 aromatic carbocycles. The summed E-state index contributed by atoms with van der Waals surface area (Å²) < 4.78 is 0. The maximum absolute atomic E-state index is 11.0. The van der Waals surface area contributed by atoms with E-state index in [1.54, 1.807) is 17.0 Å². The quantitative estimate of drug-likeness (QED) is 0.643. The van der Waals surface area contributed by atoms with E-state index in [1.807, 2.05) is 6.92 Å². The smallest absolute Gasteiger partial charge is 0.337 e. The topological polar surface area (TPSA) is 86.8 Å². The molecule has 0 saturated heterocycles. The van der Waals surface area contributed by atoms with Gasteiger partial charge in [0.2, 0.25) is 0 Å². The SMILES string of the molecule is CCN(CCO)c1cc(N)ccc1C(=O)O. The van der Waals surface area contributed by atoms with Crippen molar-refractivity contribution in [3.05, 3.63) is 23.8 Å². The summed E-state index contributed by atoms with van der Waals surface area (Å²) in [5.41, 5.74) is 6.89. The summed E-state index contributed by atoms with van der Waals surface area (Å²) in [6.07, 6.45) is 0. The lowest BCUT2D eigenvalue weighted by molar-refractivity contribution is 0.0697. The van der Waals surface area contributed by atoms with E-state index in [9.17, 15) is 4.79 Å². The van der Waals surface area contributed by atoms with Crippen LogP contribution < -0.4 is 10.6 Å². The molecule has 0 aliphatic carbocycles. The molecule has 0 bridgehead atoms. The molecule has 1 rings (SSSR count). The van der Waals surface area contributed by atoms with E-state index in [0.29, 0.717) is 24.5 Å². The molecular formula is C11H16N2O3. The highest BCUT2D eigenvalue weighted by Crippen LogP contribution is 2.23. The van der Waals surface area contributed by atoms with Crippen LogP contribution in [-0.2, 0) is 0 Å². The van der Waals surface area contributed by atoms with E-state index >= 15 is 0 Å². The minimum absolute atomic E-state index is 0.0261. The van der Waals surface area contributed by atoms with Gasteiger partial charge in [-0.1, -0.05) is 0 Å². The Labute approximate surface area is 94.1 Å². The summed E-state index contributed by atoms with van der Waals surface area (Å²) >= 11 is 0. The Balaban J connectivity index is 3.16. The highest BCUT2D eigenvalue weighted by molar-refractivity contribution is 5.95. The average Bonchev–Trinajstić information content (AvgIpc) is 2.25. The number of nitrogens with zero attached hydrogens (tertiary/aromatic N) is 1. The van der Waals surface area contributed by atoms with Crippen LogP contribution in [0.2, 0.25) is 0 Å². The molecule has 0 fully saturated rings. The van der Waals surface area contributed by atoms with E-state index in [0.717, 1.165) is 0 Å². The predicted molar refractivity (Wildman–Crippen MR) is 62.8 cm³/mol. The summed E-state index contributed by atoms with van der Waals surface area (Å²) in [6.45, 7) is 2.87. The largest absolute Gasteiger partial charge is 0.478 e. The Morgan fingerprint density at radius 2 is 2.19 bits per heavy atom. The number of benzene rings is 1. The summed E-state index contributed by atoms with van der Waals surface area (Å²) in [7, 11) is 0. The molecule has 16 heavy (non-hydrogen) atoms. The molecule has 5 nitrogen and oxygen atoms in total.